The van der Waals surface area contributed by atoms with E-state index in [1.54, 1.807) is 4.90 Å². The third kappa shape index (κ3) is 4.48. The van der Waals surface area contributed by atoms with Crippen LogP contribution in [0.25, 0.3) is 0 Å². The van der Waals surface area contributed by atoms with Crippen molar-refractivity contribution in [2.45, 2.75) is 52.6 Å². The zero-order chi connectivity index (χ0) is 22.4. The van der Waals surface area contributed by atoms with Gasteiger partial charge in [0.1, 0.15) is 5.60 Å². The Bertz CT molecular complexity index is 891. The van der Waals surface area contributed by atoms with Crippen LogP contribution in [0.2, 0.25) is 0 Å². The average molecular weight is 429 g/mol. The maximum atomic E-state index is 12.2. The van der Waals surface area contributed by atoms with Gasteiger partial charge in [-0.3, -0.25) is 15.0 Å². The fraction of sp³-hybridized carbons (Fsp3) is 0.609. The molecular formula is C23H32N4O4. The summed E-state index contributed by atoms with van der Waals surface area (Å²) in [5.74, 6) is -0.223. The van der Waals surface area contributed by atoms with Gasteiger partial charge in [-0.25, -0.2) is 9.59 Å². The van der Waals surface area contributed by atoms with Crippen LogP contribution in [0.1, 0.15) is 45.6 Å². The molecule has 0 unspecified atom stereocenters. The molecular weight excluding hydrogens is 396 g/mol. The minimum atomic E-state index is -0.461. The highest BCUT2D eigenvalue weighted by molar-refractivity contribution is 6.06. The van der Waals surface area contributed by atoms with E-state index in [4.69, 9.17) is 4.74 Å². The van der Waals surface area contributed by atoms with Crippen molar-refractivity contribution in [3.63, 3.8) is 0 Å². The van der Waals surface area contributed by atoms with Crippen molar-refractivity contribution in [3.05, 3.63) is 23.8 Å². The van der Waals surface area contributed by atoms with Crippen LogP contribution < -0.4 is 15.1 Å². The summed E-state index contributed by atoms with van der Waals surface area (Å²) in [6, 6.07) is 5.78. The fourth-order valence-corrected chi connectivity index (χ4v) is 4.71. The summed E-state index contributed by atoms with van der Waals surface area (Å²) >= 11 is 0. The SMILES string of the molecule is Cc1cc(N2CCC3(CC2)CN(C(=O)OC(C)(C)C)C3)ccc1N1CCC(=O)NC1=O. The summed E-state index contributed by atoms with van der Waals surface area (Å²) in [6.07, 6.45) is 2.20. The first kappa shape index (κ1) is 21.5. The Morgan fingerprint density at radius 1 is 1.10 bits per heavy atom. The molecule has 3 saturated heterocycles. The molecule has 8 nitrogen and oxygen atoms in total. The monoisotopic (exact) mass is 428 g/mol. The lowest BCUT2D eigenvalue weighted by molar-refractivity contribution is -0.120. The number of hydrogen-bond acceptors (Lipinski definition) is 5. The molecule has 0 saturated carbocycles. The minimum absolute atomic E-state index is 0.209. The molecule has 4 rings (SSSR count). The maximum Gasteiger partial charge on any atom is 0.410 e. The van der Waals surface area contributed by atoms with Gasteiger partial charge < -0.3 is 14.5 Å². The van der Waals surface area contributed by atoms with Crippen LogP contribution in [0, 0.1) is 12.3 Å². The Morgan fingerprint density at radius 2 is 1.77 bits per heavy atom. The first-order valence-corrected chi connectivity index (χ1v) is 11.0. The van der Waals surface area contributed by atoms with Crippen LogP contribution in [0.3, 0.4) is 0 Å². The molecule has 3 heterocycles. The first-order chi connectivity index (χ1) is 14.6. The largest absolute Gasteiger partial charge is 0.444 e. The molecule has 8 heteroatoms. The van der Waals surface area contributed by atoms with Gasteiger partial charge in [-0.05, 0) is 64.3 Å². The molecule has 0 aromatic heterocycles. The lowest BCUT2D eigenvalue weighted by Crippen LogP contribution is -2.62. The Hall–Kier alpha value is -2.77. The standard InChI is InChI=1S/C23H32N4O4/c1-16-13-17(5-6-18(16)27-10-7-19(28)24-20(27)29)25-11-8-23(9-12-25)14-26(15-23)21(30)31-22(2,3)4/h5-6,13H,7-12,14-15H2,1-4H3,(H,24,28,29). The Balaban J connectivity index is 1.34. The van der Waals surface area contributed by atoms with E-state index >= 15 is 0 Å². The number of amides is 4. The molecule has 0 atom stereocenters. The number of imide groups is 1. The molecule has 1 spiro atoms. The second kappa shape index (κ2) is 7.73. The molecule has 3 fully saturated rings. The predicted octanol–water partition coefficient (Wildman–Crippen LogP) is 3.28. The highest BCUT2D eigenvalue weighted by Gasteiger charge is 2.47. The molecule has 3 aliphatic rings. The number of hydrogen-bond donors (Lipinski definition) is 1. The number of benzene rings is 1. The summed E-state index contributed by atoms with van der Waals surface area (Å²) in [6.45, 7) is 11.5. The Morgan fingerprint density at radius 3 is 2.35 bits per heavy atom. The molecule has 0 bridgehead atoms. The van der Waals surface area contributed by atoms with Gasteiger partial charge in [0.15, 0.2) is 0 Å². The van der Waals surface area contributed by atoms with Gasteiger partial charge in [0.05, 0.1) is 0 Å². The van der Waals surface area contributed by atoms with E-state index in [-0.39, 0.29) is 23.4 Å². The van der Waals surface area contributed by atoms with E-state index in [1.807, 2.05) is 38.7 Å². The first-order valence-electron chi connectivity index (χ1n) is 11.0. The average Bonchev–Trinajstić information content (AvgIpc) is 2.65. The quantitative estimate of drug-likeness (QED) is 0.782. The number of piperidine rings is 1. The summed E-state index contributed by atoms with van der Waals surface area (Å²) in [7, 11) is 0. The van der Waals surface area contributed by atoms with E-state index in [9.17, 15) is 14.4 Å². The van der Waals surface area contributed by atoms with Crippen molar-refractivity contribution in [2.75, 3.05) is 42.5 Å². The second-order valence-electron chi connectivity index (χ2n) is 10.0. The summed E-state index contributed by atoms with van der Waals surface area (Å²) in [4.78, 5) is 41.6. The van der Waals surface area contributed by atoms with Crippen LogP contribution in [0.4, 0.5) is 21.0 Å². The van der Waals surface area contributed by atoms with E-state index < -0.39 is 5.60 Å². The number of anilines is 2. The van der Waals surface area contributed by atoms with Gasteiger partial charge >= 0.3 is 12.1 Å². The van der Waals surface area contributed by atoms with Crippen molar-refractivity contribution in [2.24, 2.45) is 5.41 Å². The maximum absolute atomic E-state index is 12.2. The van der Waals surface area contributed by atoms with Crippen LogP contribution in [-0.2, 0) is 9.53 Å². The Labute approximate surface area is 183 Å². The van der Waals surface area contributed by atoms with E-state index in [1.165, 1.54) is 0 Å². The predicted molar refractivity (Wildman–Crippen MR) is 118 cm³/mol. The molecule has 1 aromatic rings. The molecule has 0 aliphatic carbocycles. The van der Waals surface area contributed by atoms with Crippen molar-refractivity contribution in [1.82, 2.24) is 10.2 Å². The minimum Gasteiger partial charge on any atom is -0.444 e. The van der Waals surface area contributed by atoms with Crippen molar-refractivity contribution < 1.29 is 19.1 Å². The summed E-state index contributed by atoms with van der Waals surface area (Å²) < 4.78 is 5.48. The molecule has 31 heavy (non-hydrogen) atoms. The second-order valence-corrected chi connectivity index (χ2v) is 10.0. The molecule has 4 amide bonds. The van der Waals surface area contributed by atoms with Gasteiger partial charge in [0.2, 0.25) is 5.91 Å². The van der Waals surface area contributed by atoms with Crippen molar-refractivity contribution >= 4 is 29.4 Å². The number of carbonyl (C=O) groups excluding carboxylic acids is 3. The van der Waals surface area contributed by atoms with Gasteiger partial charge in [-0.2, -0.15) is 0 Å². The third-order valence-corrected chi connectivity index (χ3v) is 6.42. The molecule has 168 valence electrons. The number of carbonyl (C=O) groups is 3. The third-order valence-electron chi connectivity index (χ3n) is 6.42. The smallest absolute Gasteiger partial charge is 0.410 e. The van der Waals surface area contributed by atoms with Crippen molar-refractivity contribution in [3.8, 4) is 0 Å². The van der Waals surface area contributed by atoms with Gasteiger partial charge in [0, 0.05) is 55.9 Å². The number of ether oxygens (including phenoxy) is 1. The van der Waals surface area contributed by atoms with Crippen LogP contribution >= 0.6 is 0 Å². The number of aryl methyl sites for hydroxylation is 1. The summed E-state index contributed by atoms with van der Waals surface area (Å²) in [5, 5.41) is 2.38. The molecule has 3 aliphatic heterocycles. The van der Waals surface area contributed by atoms with E-state index in [0.29, 0.717) is 13.0 Å². The molecule has 1 N–H and O–H groups in total. The number of likely N-dealkylation sites (tertiary alicyclic amines) is 1. The number of nitrogens with one attached hydrogen (secondary N) is 1. The van der Waals surface area contributed by atoms with E-state index in [2.05, 4.69) is 22.3 Å². The number of nitrogens with zero attached hydrogens (tertiary/aromatic N) is 3. The number of urea groups is 1. The lowest BCUT2D eigenvalue weighted by Gasteiger charge is -2.54. The van der Waals surface area contributed by atoms with Crippen molar-refractivity contribution in [1.29, 1.82) is 0 Å². The lowest BCUT2D eigenvalue weighted by atomic mass is 9.72. The van der Waals surface area contributed by atoms with Crippen LogP contribution in [-0.4, -0.2) is 61.3 Å². The molecule has 1 aromatic carbocycles. The fourth-order valence-electron chi connectivity index (χ4n) is 4.71. The molecule has 0 radical (unpaired) electrons. The summed E-state index contributed by atoms with van der Waals surface area (Å²) in [5.41, 5.74) is 2.75. The van der Waals surface area contributed by atoms with Crippen LogP contribution in [0.15, 0.2) is 18.2 Å². The topological polar surface area (TPSA) is 82.2 Å². The highest BCUT2D eigenvalue weighted by atomic mass is 16.6. The number of rotatable bonds is 2. The zero-order valence-electron chi connectivity index (χ0n) is 18.9. The van der Waals surface area contributed by atoms with Gasteiger partial charge in [-0.15, -0.1) is 0 Å². The van der Waals surface area contributed by atoms with Crippen LogP contribution in [0.5, 0.6) is 0 Å². The van der Waals surface area contributed by atoms with E-state index in [0.717, 1.165) is 56.0 Å². The zero-order valence-corrected chi connectivity index (χ0v) is 18.9. The van der Waals surface area contributed by atoms with Gasteiger partial charge in [0.25, 0.3) is 0 Å². The Kier molecular flexibility index (Phi) is 5.35. The highest BCUT2D eigenvalue weighted by Crippen LogP contribution is 2.42. The normalized spacial score (nSPS) is 21.1. The van der Waals surface area contributed by atoms with Gasteiger partial charge in [-0.1, -0.05) is 0 Å².